The van der Waals surface area contributed by atoms with Gasteiger partial charge >= 0.3 is 0 Å². The monoisotopic (exact) mass is 431 g/mol. The Kier molecular flexibility index (Phi) is 6.82. The summed E-state index contributed by atoms with van der Waals surface area (Å²) in [5.74, 6) is 0.207. The highest BCUT2D eigenvalue weighted by Crippen LogP contribution is 2.33. The number of anilines is 1. The van der Waals surface area contributed by atoms with Crippen LogP contribution in [-0.2, 0) is 9.59 Å². The number of nitrogens with one attached hydrogen (secondary N) is 1. The number of benzene rings is 2. The number of aryl methyl sites for hydroxylation is 1. The molecule has 6 nitrogen and oxygen atoms in total. The molecule has 2 aromatic rings. The third-order valence-corrected chi connectivity index (χ3v) is 6.08. The fraction of sp³-hybridized carbons (Fsp3) is 0.286. The van der Waals surface area contributed by atoms with Crippen molar-refractivity contribution in [2.45, 2.75) is 25.5 Å². The minimum Gasteiger partial charge on any atom is -0.494 e. The number of halogens is 1. The van der Waals surface area contributed by atoms with E-state index in [4.69, 9.17) is 16.3 Å². The molecule has 0 saturated carbocycles. The number of hydrogen-bond acceptors (Lipinski definition) is 5. The number of aliphatic imine (C=N–C) groups is 1. The first-order valence-corrected chi connectivity index (χ1v) is 10.4. The Bertz CT molecular complexity index is 964. The molecule has 1 N–H and O–H groups in total. The van der Waals surface area contributed by atoms with E-state index in [1.807, 2.05) is 38.1 Å². The highest BCUT2D eigenvalue weighted by atomic mass is 35.5. The van der Waals surface area contributed by atoms with Crippen molar-refractivity contribution >= 4 is 51.7 Å². The molecule has 0 spiro atoms. The summed E-state index contributed by atoms with van der Waals surface area (Å²) in [6.07, 6.45) is 0.106. The van der Waals surface area contributed by atoms with Crippen molar-refractivity contribution in [3.63, 3.8) is 0 Å². The molecule has 1 aliphatic rings. The van der Waals surface area contributed by atoms with Crippen molar-refractivity contribution in [1.82, 2.24) is 4.90 Å². The molecule has 0 radical (unpaired) electrons. The van der Waals surface area contributed by atoms with Gasteiger partial charge in [0.05, 0.1) is 7.11 Å². The number of nitrogens with zero attached hydrogens (tertiary/aromatic N) is 2. The van der Waals surface area contributed by atoms with Gasteiger partial charge in [-0.15, -0.1) is 0 Å². The lowest BCUT2D eigenvalue weighted by Crippen LogP contribution is -2.45. The number of hydrogen-bond donors (Lipinski definition) is 1. The van der Waals surface area contributed by atoms with Crippen LogP contribution < -0.4 is 10.1 Å². The predicted molar refractivity (Wildman–Crippen MR) is 118 cm³/mol. The van der Waals surface area contributed by atoms with E-state index in [1.54, 1.807) is 30.2 Å². The molecular formula is C21H22ClN3O3S. The molecule has 1 heterocycles. The summed E-state index contributed by atoms with van der Waals surface area (Å²) in [7, 11) is 1.57. The van der Waals surface area contributed by atoms with Crippen LogP contribution in [0.2, 0.25) is 5.02 Å². The minimum atomic E-state index is -0.584. The van der Waals surface area contributed by atoms with Gasteiger partial charge in [-0.3, -0.25) is 14.5 Å². The fourth-order valence-electron chi connectivity index (χ4n) is 2.87. The smallest absolute Gasteiger partial charge is 0.238 e. The summed E-state index contributed by atoms with van der Waals surface area (Å²) in [5, 5.41) is 3.32. The van der Waals surface area contributed by atoms with Crippen LogP contribution in [0, 0.1) is 6.92 Å². The Hall–Kier alpha value is -2.51. The third kappa shape index (κ3) is 4.92. The molecule has 1 unspecified atom stereocenters. The quantitative estimate of drug-likeness (QED) is 0.748. The van der Waals surface area contributed by atoms with Crippen LogP contribution in [0.1, 0.15) is 18.9 Å². The standard InChI is InChI=1S/C21H22ClN3O3S/c1-4-25-19(26)12-18(20(27)23-14-10-9-13(2)15(22)11-14)29-21(25)24-16-7-5-6-8-17(16)28-3/h5-11,18H,4,12H2,1-3H3,(H,23,27). The average molecular weight is 432 g/mol. The molecule has 152 valence electrons. The lowest BCUT2D eigenvalue weighted by Gasteiger charge is -2.31. The van der Waals surface area contributed by atoms with Crippen LogP contribution in [0.15, 0.2) is 47.5 Å². The normalized spacial score (nSPS) is 18.1. The Morgan fingerprint density at radius 2 is 2.10 bits per heavy atom. The Labute approximate surface area is 179 Å². The largest absolute Gasteiger partial charge is 0.494 e. The van der Waals surface area contributed by atoms with E-state index >= 15 is 0 Å². The molecule has 3 rings (SSSR count). The van der Waals surface area contributed by atoms with Gasteiger partial charge < -0.3 is 10.1 Å². The minimum absolute atomic E-state index is 0.106. The molecule has 1 atom stereocenters. The van der Waals surface area contributed by atoms with Crippen molar-refractivity contribution < 1.29 is 14.3 Å². The van der Waals surface area contributed by atoms with Gasteiger partial charge in [-0.2, -0.15) is 0 Å². The lowest BCUT2D eigenvalue weighted by atomic mass is 10.2. The van der Waals surface area contributed by atoms with Gasteiger partial charge in [0.2, 0.25) is 11.8 Å². The predicted octanol–water partition coefficient (Wildman–Crippen LogP) is 4.64. The van der Waals surface area contributed by atoms with E-state index in [0.717, 1.165) is 5.56 Å². The van der Waals surface area contributed by atoms with E-state index in [0.29, 0.717) is 33.9 Å². The number of carbonyl (C=O) groups is 2. The maximum atomic E-state index is 12.8. The summed E-state index contributed by atoms with van der Waals surface area (Å²) < 4.78 is 5.35. The zero-order chi connectivity index (χ0) is 21.0. The molecule has 29 heavy (non-hydrogen) atoms. The molecule has 1 saturated heterocycles. The second-order valence-corrected chi connectivity index (χ2v) is 8.05. The molecule has 2 aromatic carbocycles. The lowest BCUT2D eigenvalue weighted by molar-refractivity contribution is -0.129. The second kappa shape index (κ2) is 9.33. The van der Waals surface area contributed by atoms with E-state index in [2.05, 4.69) is 10.3 Å². The summed E-state index contributed by atoms with van der Waals surface area (Å²) in [6, 6.07) is 12.6. The Balaban J connectivity index is 1.84. The number of para-hydroxylation sites is 2. The zero-order valence-electron chi connectivity index (χ0n) is 16.4. The number of methoxy groups -OCH3 is 1. The summed E-state index contributed by atoms with van der Waals surface area (Å²) >= 11 is 7.41. The van der Waals surface area contributed by atoms with Gasteiger partial charge in [0.1, 0.15) is 16.7 Å². The van der Waals surface area contributed by atoms with E-state index in [1.165, 1.54) is 11.8 Å². The van der Waals surface area contributed by atoms with Crippen molar-refractivity contribution in [3.05, 3.63) is 53.1 Å². The van der Waals surface area contributed by atoms with Crippen LogP contribution in [0.5, 0.6) is 5.75 Å². The number of thioether (sulfide) groups is 1. The van der Waals surface area contributed by atoms with Crippen LogP contribution >= 0.6 is 23.4 Å². The molecule has 1 aliphatic heterocycles. The SMILES string of the molecule is CCN1C(=O)CC(C(=O)Nc2ccc(C)c(Cl)c2)SC1=Nc1ccccc1OC. The average Bonchev–Trinajstić information content (AvgIpc) is 2.71. The van der Waals surface area contributed by atoms with Crippen molar-refractivity contribution in [1.29, 1.82) is 0 Å². The molecule has 0 aromatic heterocycles. The third-order valence-electron chi connectivity index (χ3n) is 4.49. The first-order valence-electron chi connectivity index (χ1n) is 9.18. The number of amides is 2. The molecule has 0 aliphatic carbocycles. The van der Waals surface area contributed by atoms with Crippen LogP contribution in [0.3, 0.4) is 0 Å². The zero-order valence-corrected chi connectivity index (χ0v) is 18.0. The fourth-order valence-corrected chi connectivity index (χ4v) is 4.21. The molecule has 2 amide bonds. The molecular weight excluding hydrogens is 410 g/mol. The van der Waals surface area contributed by atoms with Gasteiger partial charge in [-0.25, -0.2) is 4.99 Å². The first-order chi connectivity index (χ1) is 13.9. The van der Waals surface area contributed by atoms with E-state index in [-0.39, 0.29) is 18.2 Å². The maximum Gasteiger partial charge on any atom is 0.238 e. The van der Waals surface area contributed by atoms with E-state index in [9.17, 15) is 9.59 Å². The highest BCUT2D eigenvalue weighted by molar-refractivity contribution is 8.15. The number of rotatable bonds is 5. The van der Waals surface area contributed by atoms with Crippen LogP contribution in [0.25, 0.3) is 0 Å². The Morgan fingerprint density at radius 1 is 1.34 bits per heavy atom. The van der Waals surface area contributed by atoms with Crippen molar-refractivity contribution in [2.75, 3.05) is 19.0 Å². The molecule has 1 fully saturated rings. The summed E-state index contributed by atoms with van der Waals surface area (Å²) in [6.45, 7) is 4.25. The molecule has 0 bridgehead atoms. The van der Waals surface area contributed by atoms with Crippen LogP contribution in [-0.4, -0.2) is 40.8 Å². The summed E-state index contributed by atoms with van der Waals surface area (Å²) in [5.41, 5.74) is 2.13. The van der Waals surface area contributed by atoms with Gasteiger partial charge in [-0.05, 0) is 43.7 Å². The number of amidine groups is 1. The van der Waals surface area contributed by atoms with Gasteiger partial charge in [0.15, 0.2) is 5.17 Å². The Morgan fingerprint density at radius 3 is 2.79 bits per heavy atom. The number of carbonyl (C=O) groups excluding carboxylic acids is 2. The van der Waals surface area contributed by atoms with Crippen LogP contribution in [0.4, 0.5) is 11.4 Å². The van der Waals surface area contributed by atoms with Gasteiger partial charge in [0, 0.05) is 23.7 Å². The van der Waals surface area contributed by atoms with Crippen molar-refractivity contribution in [2.24, 2.45) is 4.99 Å². The van der Waals surface area contributed by atoms with Gasteiger partial charge in [0.25, 0.3) is 0 Å². The second-order valence-electron chi connectivity index (χ2n) is 6.47. The summed E-state index contributed by atoms with van der Waals surface area (Å²) in [4.78, 5) is 31.6. The highest BCUT2D eigenvalue weighted by Gasteiger charge is 2.35. The topological polar surface area (TPSA) is 71.0 Å². The molecule has 8 heteroatoms. The van der Waals surface area contributed by atoms with Gasteiger partial charge in [-0.1, -0.05) is 41.6 Å². The van der Waals surface area contributed by atoms with E-state index < -0.39 is 5.25 Å². The van der Waals surface area contributed by atoms with Crippen molar-refractivity contribution in [3.8, 4) is 5.75 Å². The first kappa shape index (κ1) is 21.2. The number of ether oxygens (including phenoxy) is 1. The maximum absolute atomic E-state index is 12.8.